The molecular weight excluding hydrogens is 271 g/mol. The summed E-state index contributed by atoms with van der Waals surface area (Å²) in [7, 11) is 0. The van der Waals surface area contributed by atoms with Crippen molar-refractivity contribution in [3.8, 4) is 0 Å². The van der Waals surface area contributed by atoms with Crippen LogP contribution in [0.5, 0.6) is 0 Å². The summed E-state index contributed by atoms with van der Waals surface area (Å²) >= 11 is 7.14. The van der Waals surface area contributed by atoms with E-state index in [2.05, 4.69) is 0 Å². The van der Waals surface area contributed by atoms with Gasteiger partial charge in [0.2, 0.25) is 0 Å². The SMILES string of the molecule is N=C(N)c1c(F)cccc1Sc1ccc(Cl)cc1. The van der Waals surface area contributed by atoms with Crippen molar-refractivity contribution in [1.82, 2.24) is 0 Å². The van der Waals surface area contributed by atoms with Crippen LogP contribution in [-0.2, 0) is 0 Å². The van der Waals surface area contributed by atoms with Crippen molar-refractivity contribution in [2.45, 2.75) is 9.79 Å². The second-order valence-electron chi connectivity index (χ2n) is 3.58. The molecule has 0 aliphatic rings. The minimum absolute atomic E-state index is 0.137. The molecule has 2 rings (SSSR count). The molecule has 5 heteroatoms. The Balaban J connectivity index is 2.37. The molecule has 2 aromatic carbocycles. The molecule has 18 heavy (non-hydrogen) atoms. The van der Waals surface area contributed by atoms with Gasteiger partial charge in [0.1, 0.15) is 11.7 Å². The number of benzene rings is 2. The number of amidine groups is 1. The Bertz CT molecular complexity index is 584. The molecule has 0 aromatic heterocycles. The summed E-state index contributed by atoms with van der Waals surface area (Å²) in [4.78, 5) is 1.53. The predicted molar refractivity (Wildman–Crippen MR) is 73.0 cm³/mol. The maximum Gasteiger partial charge on any atom is 0.135 e. The van der Waals surface area contributed by atoms with Crippen LogP contribution in [-0.4, -0.2) is 5.84 Å². The Kier molecular flexibility index (Phi) is 3.89. The standard InChI is InChI=1S/C13H10ClFN2S/c14-8-4-6-9(7-5-8)18-11-3-1-2-10(15)12(11)13(16)17/h1-7H,(H3,16,17). The van der Waals surface area contributed by atoms with Crippen molar-refractivity contribution in [3.63, 3.8) is 0 Å². The lowest BCUT2D eigenvalue weighted by Crippen LogP contribution is -2.14. The first-order chi connectivity index (χ1) is 8.58. The van der Waals surface area contributed by atoms with Gasteiger partial charge in [-0.1, -0.05) is 29.4 Å². The lowest BCUT2D eigenvalue weighted by atomic mass is 10.2. The third-order valence-electron chi connectivity index (χ3n) is 2.29. The molecule has 0 fully saturated rings. The van der Waals surface area contributed by atoms with Gasteiger partial charge in [0, 0.05) is 14.8 Å². The molecule has 2 aromatic rings. The maximum absolute atomic E-state index is 13.6. The van der Waals surface area contributed by atoms with Gasteiger partial charge in [0.25, 0.3) is 0 Å². The molecular formula is C13H10ClFN2S. The molecule has 0 aliphatic heterocycles. The second kappa shape index (κ2) is 5.42. The number of hydrogen-bond acceptors (Lipinski definition) is 2. The fraction of sp³-hybridized carbons (Fsp3) is 0. The normalized spacial score (nSPS) is 10.3. The highest BCUT2D eigenvalue weighted by Crippen LogP contribution is 2.32. The van der Waals surface area contributed by atoms with E-state index in [0.29, 0.717) is 9.92 Å². The summed E-state index contributed by atoms with van der Waals surface area (Å²) in [6.07, 6.45) is 0. The first-order valence-electron chi connectivity index (χ1n) is 5.14. The summed E-state index contributed by atoms with van der Waals surface area (Å²) in [6, 6.07) is 11.8. The van der Waals surface area contributed by atoms with Crippen molar-refractivity contribution < 1.29 is 4.39 Å². The van der Waals surface area contributed by atoms with Crippen LogP contribution in [0, 0.1) is 11.2 Å². The number of halogens is 2. The Morgan fingerprint density at radius 3 is 2.44 bits per heavy atom. The van der Waals surface area contributed by atoms with E-state index >= 15 is 0 Å². The molecule has 0 unspecified atom stereocenters. The molecule has 0 heterocycles. The van der Waals surface area contributed by atoms with Crippen LogP contribution in [0.1, 0.15) is 5.56 Å². The molecule has 0 bridgehead atoms. The highest BCUT2D eigenvalue weighted by molar-refractivity contribution is 7.99. The minimum Gasteiger partial charge on any atom is -0.384 e. The van der Waals surface area contributed by atoms with E-state index in [1.54, 1.807) is 24.3 Å². The first-order valence-corrected chi connectivity index (χ1v) is 6.33. The van der Waals surface area contributed by atoms with Crippen LogP contribution >= 0.6 is 23.4 Å². The zero-order chi connectivity index (χ0) is 13.1. The number of hydrogen-bond donors (Lipinski definition) is 2. The molecule has 0 saturated carbocycles. The molecule has 0 atom stereocenters. The van der Waals surface area contributed by atoms with Gasteiger partial charge in [-0.2, -0.15) is 0 Å². The summed E-state index contributed by atoms with van der Waals surface area (Å²) < 4.78 is 13.6. The van der Waals surface area contributed by atoms with Crippen LogP contribution in [0.25, 0.3) is 0 Å². The van der Waals surface area contributed by atoms with Gasteiger partial charge in [0.05, 0.1) is 5.56 Å². The van der Waals surface area contributed by atoms with Gasteiger partial charge in [-0.3, -0.25) is 5.41 Å². The van der Waals surface area contributed by atoms with Gasteiger partial charge in [-0.05, 0) is 36.4 Å². The maximum atomic E-state index is 13.6. The smallest absolute Gasteiger partial charge is 0.135 e. The highest BCUT2D eigenvalue weighted by atomic mass is 35.5. The summed E-state index contributed by atoms with van der Waals surface area (Å²) in [6.45, 7) is 0. The fourth-order valence-corrected chi connectivity index (χ4v) is 2.59. The molecule has 0 radical (unpaired) electrons. The molecule has 92 valence electrons. The summed E-state index contributed by atoms with van der Waals surface area (Å²) in [5.41, 5.74) is 5.54. The Morgan fingerprint density at radius 2 is 1.83 bits per heavy atom. The summed E-state index contributed by atoms with van der Waals surface area (Å²) in [5.74, 6) is -0.758. The van der Waals surface area contributed by atoms with E-state index in [4.69, 9.17) is 22.7 Å². The third-order valence-corrected chi connectivity index (χ3v) is 3.61. The topological polar surface area (TPSA) is 49.9 Å². The number of nitrogens with one attached hydrogen (secondary N) is 1. The fourth-order valence-electron chi connectivity index (χ4n) is 1.48. The van der Waals surface area contributed by atoms with Crippen molar-refractivity contribution >= 4 is 29.2 Å². The van der Waals surface area contributed by atoms with Gasteiger partial charge in [-0.15, -0.1) is 0 Å². The van der Waals surface area contributed by atoms with E-state index < -0.39 is 5.82 Å². The van der Waals surface area contributed by atoms with Crippen LogP contribution in [0.3, 0.4) is 0 Å². The average molecular weight is 281 g/mol. The van der Waals surface area contributed by atoms with Crippen LogP contribution < -0.4 is 5.73 Å². The molecule has 2 nitrogen and oxygen atoms in total. The van der Waals surface area contributed by atoms with Gasteiger partial charge >= 0.3 is 0 Å². The molecule has 0 amide bonds. The van der Waals surface area contributed by atoms with E-state index in [-0.39, 0.29) is 11.4 Å². The van der Waals surface area contributed by atoms with E-state index in [0.717, 1.165) is 4.90 Å². The predicted octanol–water partition coefficient (Wildman–Crippen LogP) is 3.91. The Hall–Kier alpha value is -1.52. The molecule has 0 aliphatic carbocycles. The lowest BCUT2D eigenvalue weighted by Gasteiger charge is -2.08. The van der Waals surface area contributed by atoms with Gasteiger partial charge in [0.15, 0.2) is 0 Å². The van der Waals surface area contributed by atoms with Crippen molar-refractivity contribution in [2.24, 2.45) is 5.73 Å². The van der Waals surface area contributed by atoms with Crippen LogP contribution in [0.4, 0.5) is 4.39 Å². The zero-order valence-corrected chi connectivity index (χ0v) is 10.9. The molecule has 0 saturated heterocycles. The van der Waals surface area contributed by atoms with Crippen LogP contribution in [0.2, 0.25) is 5.02 Å². The van der Waals surface area contributed by atoms with Gasteiger partial charge < -0.3 is 5.73 Å². The average Bonchev–Trinajstić information content (AvgIpc) is 2.32. The minimum atomic E-state index is -0.485. The molecule has 0 spiro atoms. The number of nitrogen functional groups attached to an aromatic ring is 1. The Morgan fingerprint density at radius 1 is 1.17 bits per heavy atom. The largest absolute Gasteiger partial charge is 0.384 e. The third kappa shape index (κ3) is 2.83. The zero-order valence-electron chi connectivity index (χ0n) is 9.28. The van der Waals surface area contributed by atoms with E-state index in [9.17, 15) is 4.39 Å². The van der Waals surface area contributed by atoms with E-state index in [1.165, 1.54) is 17.8 Å². The number of nitrogens with two attached hydrogens (primary N) is 1. The lowest BCUT2D eigenvalue weighted by molar-refractivity contribution is 0.621. The summed E-state index contributed by atoms with van der Waals surface area (Å²) in [5, 5.41) is 8.06. The van der Waals surface area contributed by atoms with Gasteiger partial charge in [-0.25, -0.2) is 4.39 Å². The first kappa shape index (κ1) is 12.9. The molecule has 3 N–H and O–H groups in total. The van der Waals surface area contributed by atoms with Crippen molar-refractivity contribution in [3.05, 3.63) is 58.9 Å². The Labute approximate surface area is 113 Å². The van der Waals surface area contributed by atoms with Crippen molar-refractivity contribution in [1.29, 1.82) is 5.41 Å². The van der Waals surface area contributed by atoms with Crippen LogP contribution in [0.15, 0.2) is 52.3 Å². The monoisotopic (exact) mass is 280 g/mol. The van der Waals surface area contributed by atoms with Crippen molar-refractivity contribution in [2.75, 3.05) is 0 Å². The number of rotatable bonds is 3. The highest BCUT2D eigenvalue weighted by Gasteiger charge is 2.12. The quantitative estimate of drug-likeness (QED) is 0.661. The van der Waals surface area contributed by atoms with E-state index in [1.807, 2.05) is 12.1 Å². The second-order valence-corrected chi connectivity index (χ2v) is 5.13.